The average Bonchev–Trinajstić information content (AvgIpc) is 2.74. The number of hydrogen-bond donors (Lipinski definition) is 0. The molecular weight excluding hydrogens is 395 g/mol. The number of rotatable bonds is 24. The molecule has 0 N–H and O–H groups in total. The van der Waals surface area contributed by atoms with Crippen LogP contribution in [0, 0.1) is 5.92 Å². The molecule has 0 aliphatic rings. The molecule has 0 bridgehead atoms. The maximum absolute atomic E-state index is 13.0. The van der Waals surface area contributed by atoms with Gasteiger partial charge in [0.1, 0.15) is 0 Å². The van der Waals surface area contributed by atoms with Gasteiger partial charge in [-0.1, -0.05) is 97.8 Å². The first-order valence-electron chi connectivity index (χ1n) is 12.9. The Morgan fingerprint density at radius 2 is 1.10 bits per heavy atom. The fraction of sp³-hybridized carbons (Fsp3) is 1.00. The van der Waals surface area contributed by atoms with Crippen LogP contribution in [-0.2, 0) is 18.3 Å². The standard InChI is InChI=1S/C25H53O4P/c1-5-7-9-10-11-12-13-14-15-16-17-18-21-28-30(26,24-8-6-2)29-23-20-25(3)19-22-27-4/h25H,5-24H2,1-4H3. The quantitative estimate of drug-likeness (QED) is 0.109. The van der Waals surface area contributed by atoms with Gasteiger partial charge in [-0.3, -0.25) is 4.57 Å². The Morgan fingerprint density at radius 1 is 0.633 bits per heavy atom. The van der Waals surface area contributed by atoms with E-state index >= 15 is 0 Å². The van der Waals surface area contributed by atoms with Crippen LogP contribution < -0.4 is 0 Å². The van der Waals surface area contributed by atoms with Crippen molar-refractivity contribution in [2.75, 3.05) is 33.1 Å². The zero-order valence-electron chi connectivity index (χ0n) is 20.8. The monoisotopic (exact) mass is 448 g/mol. The van der Waals surface area contributed by atoms with E-state index in [2.05, 4.69) is 20.8 Å². The van der Waals surface area contributed by atoms with Crippen molar-refractivity contribution in [3.63, 3.8) is 0 Å². The van der Waals surface area contributed by atoms with Gasteiger partial charge in [0.25, 0.3) is 0 Å². The van der Waals surface area contributed by atoms with Crippen molar-refractivity contribution < 1.29 is 18.3 Å². The lowest BCUT2D eigenvalue weighted by Crippen LogP contribution is -2.07. The van der Waals surface area contributed by atoms with Crippen LogP contribution in [0.1, 0.15) is 124 Å². The normalized spacial score (nSPS) is 14.7. The lowest BCUT2D eigenvalue weighted by atomic mass is 10.1. The van der Waals surface area contributed by atoms with Crippen molar-refractivity contribution in [3.8, 4) is 0 Å². The largest absolute Gasteiger partial charge is 0.385 e. The van der Waals surface area contributed by atoms with Gasteiger partial charge < -0.3 is 13.8 Å². The SMILES string of the molecule is CCCCCCCCCCCCCCOP(=O)(CCCC)OCCC(C)CCOC. The first kappa shape index (κ1) is 30.1. The number of hydrogen-bond acceptors (Lipinski definition) is 4. The van der Waals surface area contributed by atoms with E-state index in [1.807, 2.05) is 0 Å². The van der Waals surface area contributed by atoms with Crippen LogP contribution in [0.2, 0.25) is 0 Å². The lowest BCUT2D eigenvalue weighted by molar-refractivity contribution is 0.163. The molecular formula is C25H53O4P. The number of methoxy groups -OCH3 is 1. The zero-order valence-corrected chi connectivity index (χ0v) is 21.7. The maximum atomic E-state index is 13.0. The molecule has 0 aromatic carbocycles. The van der Waals surface area contributed by atoms with Crippen LogP contribution in [0.15, 0.2) is 0 Å². The van der Waals surface area contributed by atoms with Crippen molar-refractivity contribution in [1.29, 1.82) is 0 Å². The van der Waals surface area contributed by atoms with E-state index in [1.54, 1.807) is 7.11 Å². The van der Waals surface area contributed by atoms with Crippen LogP contribution in [0.5, 0.6) is 0 Å². The molecule has 0 aromatic heterocycles. The summed E-state index contributed by atoms with van der Waals surface area (Å²) in [5.74, 6) is 0.515. The Bertz CT molecular complexity index is 389. The fourth-order valence-corrected chi connectivity index (χ4v) is 5.35. The summed E-state index contributed by atoms with van der Waals surface area (Å²) >= 11 is 0. The Balaban J connectivity index is 3.77. The highest BCUT2D eigenvalue weighted by atomic mass is 31.2. The second kappa shape index (κ2) is 22.3. The highest BCUT2D eigenvalue weighted by molar-refractivity contribution is 7.53. The molecule has 30 heavy (non-hydrogen) atoms. The van der Waals surface area contributed by atoms with Gasteiger partial charge in [0.2, 0.25) is 0 Å². The minimum absolute atomic E-state index is 0.515. The van der Waals surface area contributed by atoms with E-state index in [0.29, 0.717) is 25.3 Å². The molecule has 0 saturated carbocycles. The van der Waals surface area contributed by atoms with Gasteiger partial charge in [-0.25, -0.2) is 0 Å². The Morgan fingerprint density at radius 3 is 1.63 bits per heavy atom. The first-order chi connectivity index (χ1) is 14.6. The molecule has 2 unspecified atom stereocenters. The van der Waals surface area contributed by atoms with Crippen LogP contribution >= 0.6 is 7.60 Å². The molecule has 0 rings (SSSR count). The molecule has 0 saturated heterocycles. The van der Waals surface area contributed by atoms with Gasteiger partial charge >= 0.3 is 7.60 Å². The maximum Gasteiger partial charge on any atom is 0.330 e. The smallest absolute Gasteiger partial charge is 0.330 e. The summed E-state index contributed by atoms with van der Waals surface area (Å²) in [5.41, 5.74) is 0. The Kier molecular flexibility index (Phi) is 22.4. The van der Waals surface area contributed by atoms with Gasteiger partial charge in [0, 0.05) is 13.7 Å². The van der Waals surface area contributed by atoms with Crippen molar-refractivity contribution in [1.82, 2.24) is 0 Å². The minimum Gasteiger partial charge on any atom is -0.385 e. The topological polar surface area (TPSA) is 44.8 Å². The molecule has 5 heteroatoms. The van der Waals surface area contributed by atoms with Crippen molar-refractivity contribution in [2.45, 2.75) is 124 Å². The van der Waals surface area contributed by atoms with Gasteiger partial charge in [0.15, 0.2) is 0 Å². The molecule has 0 fully saturated rings. The van der Waals surface area contributed by atoms with E-state index in [1.165, 1.54) is 70.6 Å². The molecule has 182 valence electrons. The first-order valence-corrected chi connectivity index (χ1v) is 14.7. The highest BCUT2D eigenvalue weighted by Crippen LogP contribution is 2.49. The van der Waals surface area contributed by atoms with E-state index in [9.17, 15) is 4.57 Å². The molecule has 0 aliphatic carbocycles. The fourth-order valence-electron chi connectivity index (χ4n) is 3.52. The van der Waals surface area contributed by atoms with Gasteiger partial charge in [-0.2, -0.15) is 0 Å². The second-order valence-corrected chi connectivity index (χ2v) is 11.1. The third-order valence-corrected chi connectivity index (χ3v) is 7.80. The summed E-state index contributed by atoms with van der Waals surface area (Å²) in [4.78, 5) is 0. The Hall–Kier alpha value is 0.110. The van der Waals surface area contributed by atoms with E-state index in [0.717, 1.165) is 38.7 Å². The molecule has 2 atom stereocenters. The summed E-state index contributed by atoms with van der Waals surface area (Å²) < 4.78 is 29.7. The van der Waals surface area contributed by atoms with Crippen LogP contribution in [-0.4, -0.2) is 33.1 Å². The summed E-state index contributed by atoms with van der Waals surface area (Å²) in [7, 11) is -1.20. The van der Waals surface area contributed by atoms with E-state index < -0.39 is 7.60 Å². The molecule has 4 nitrogen and oxygen atoms in total. The van der Waals surface area contributed by atoms with Crippen LogP contribution in [0.4, 0.5) is 0 Å². The molecule has 0 radical (unpaired) electrons. The van der Waals surface area contributed by atoms with E-state index in [-0.39, 0.29) is 0 Å². The number of unbranched alkanes of at least 4 members (excludes halogenated alkanes) is 12. The third kappa shape index (κ3) is 20.0. The van der Waals surface area contributed by atoms with Crippen LogP contribution in [0.3, 0.4) is 0 Å². The zero-order chi connectivity index (χ0) is 22.3. The van der Waals surface area contributed by atoms with Gasteiger partial charge in [0.05, 0.1) is 19.4 Å². The molecule has 0 amide bonds. The minimum atomic E-state index is -2.93. The van der Waals surface area contributed by atoms with Crippen LogP contribution in [0.25, 0.3) is 0 Å². The molecule has 0 spiro atoms. The van der Waals surface area contributed by atoms with Crippen molar-refractivity contribution in [3.05, 3.63) is 0 Å². The Labute approximate surface area is 188 Å². The number of ether oxygens (including phenoxy) is 1. The van der Waals surface area contributed by atoms with Crippen molar-refractivity contribution in [2.24, 2.45) is 5.92 Å². The molecule has 0 aliphatic heterocycles. The van der Waals surface area contributed by atoms with Gasteiger partial charge in [-0.05, 0) is 31.6 Å². The molecule has 0 aromatic rings. The summed E-state index contributed by atoms with van der Waals surface area (Å²) in [6, 6.07) is 0. The highest BCUT2D eigenvalue weighted by Gasteiger charge is 2.23. The molecule has 0 heterocycles. The predicted molar refractivity (Wildman–Crippen MR) is 131 cm³/mol. The second-order valence-electron chi connectivity index (χ2n) is 8.92. The summed E-state index contributed by atoms with van der Waals surface area (Å²) in [6.07, 6.45) is 20.2. The predicted octanol–water partition coefficient (Wildman–Crippen LogP) is 8.78. The summed E-state index contributed by atoms with van der Waals surface area (Å²) in [5, 5.41) is 0. The summed E-state index contributed by atoms with van der Waals surface area (Å²) in [6.45, 7) is 8.43. The third-order valence-electron chi connectivity index (χ3n) is 5.78. The van der Waals surface area contributed by atoms with Crippen molar-refractivity contribution >= 4 is 7.60 Å². The average molecular weight is 449 g/mol. The van der Waals surface area contributed by atoms with Gasteiger partial charge in [-0.15, -0.1) is 0 Å². The van der Waals surface area contributed by atoms with E-state index in [4.69, 9.17) is 13.8 Å². The lowest BCUT2D eigenvalue weighted by Gasteiger charge is -2.19.